The van der Waals surface area contributed by atoms with Crippen molar-refractivity contribution in [3.8, 4) is 5.75 Å². The molecule has 0 bridgehead atoms. The number of fused-ring (bicyclic) bond motifs is 5. The minimum Gasteiger partial charge on any atom is -0.497 e. The van der Waals surface area contributed by atoms with E-state index in [0.717, 1.165) is 31.4 Å². The number of benzene rings is 1. The monoisotopic (exact) mass is 310 g/mol. The number of methoxy groups -OCH3 is 1. The predicted molar refractivity (Wildman–Crippen MR) is 91.7 cm³/mol. The first kappa shape index (κ1) is 15.0. The van der Waals surface area contributed by atoms with E-state index < -0.39 is 0 Å². The Morgan fingerprint density at radius 2 is 2.17 bits per heavy atom. The maximum atomic E-state index is 12.6. The number of hydrogen-bond acceptors (Lipinski definition) is 2. The van der Waals surface area contributed by atoms with Gasteiger partial charge in [-0.05, 0) is 78.7 Å². The number of ether oxygens (including phenoxy) is 1. The van der Waals surface area contributed by atoms with E-state index in [1.54, 1.807) is 7.11 Å². The van der Waals surface area contributed by atoms with Crippen LogP contribution in [-0.4, -0.2) is 12.9 Å². The van der Waals surface area contributed by atoms with Crippen molar-refractivity contribution in [1.29, 1.82) is 0 Å². The van der Waals surface area contributed by atoms with E-state index in [-0.39, 0.29) is 5.41 Å². The molecule has 3 aliphatic carbocycles. The van der Waals surface area contributed by atoms with Gasteiger partial charge in [0.2, 0.25) is 0 Å². The molecule has 0 spiro atoms. The summed E-state index contributed by atoms with van der Waals surface area (Å²) in [7, 11) is 1.74. The number of rotatable bonds is 2. The second kappa shape index (κ2) is 5.22. The molecule has 1 aromatic carbocycles. The average molecular weight is 310 g/mol. The molecule has 0 aromatic heterocycles. The highest BCUT2D eigenvalue weighted by atomic mass is 16.5. The van der Waals surface area contributed by atoms with E-state index in [9.17, 15) is 4.79 Å². The molecule has 0 N–H and O–H groups in total. The topological polar surface area (TPSA) is 26.3 Å². The fraction of sp³-hybridized carbons (Fsp3) is 0.571. The van der Waals surface area contributed by atoms with Gasteiger partial charge in [-0.3, -0.25) is 4.79 Å². The third-order valence-corrected chi connectivity index (χ3v) is 6.94. The van der Waals surface area contributed by atoms with Crippen LogP contribution in [0.2, 0.25) is 0 Å². The molecule has 2 nitrogen and oxygen atoms in total. The molecule has 0 unspecified atom stereocenters. The predicted octanol–water partition coefficient (Wildman–Crippen LogP) is 4.53. The fourth-order valence-corrected chi connectivity index (χ4v) is 5.78. The Balaban J connectivity index is 1.76. The standard InChI is InChI=1S/C21H26O2/c1-4-21-10-9-17-16-6-5-15(23-3)12-14(16)11-13(2)20(17)18(21)7-8-19(21)22/h5-8,12-13,17-18,20H,4,9-11H2,1-3H3/t13-,17-,18+,20-,21+/m1/s1. The summed E-state index contributed by atoms with van der Waals surface area (Å²) in [5.74, 6) is 3.60. The highest BCUT2D eigenvalue weighted by molar-refractivity contribution is 5.98. The zero-order valence-corrected chi connectivity index (χ0v) is 14.3. The van der Waals surface area contributed by atoms with Crippen LogP contribution in [0.4, 0.5) is 0 Å². The smallest absolute Gasteiger partial charge is 0.162 e. The molecule has 3 aliphatic rings. The number of carbonyl (C=O) groups is 1. The van der Waals surface area contributed by atoms with E-state index in [4.69, 9.17) is 4.74 Å². The summed E-state index contributed by atoms with van der Waals surface area (Å²) in [4.78, 5) is 12.6. The van der Waals surface area contributed by atoms with Crippen LogP contribution in [0.3, 0.4) is 0 Å². The molecule has 0 heterocycles. The van der Waals surface area contributed by atoms with Crippen molar-refractivity contribution in [3.63, 3.8) is 0 Å². The summed E-state index contributed by atoms with van der Waals surface area (Å²) in [6.45, 7) is 4.58. The maximum absolute atomic E-state index is 12.6. The molecule has 0 saturated heterocycles. The molecule has 5 atom stereocenters. The summed E-state index contributed by atoms with van der Waals surface area (Å²) in [5, 5.41) is 0. The minimum atomic E-state index is -0.0978. The van der Waals surface area contributed by atoms with E-state index in [1.807, 2.05) is 6.08 Å². The molecular formula is C21H26O2. The van der Waals surface area contributed by atoms with Gasteiger partial charge in [-0.1, -0.05) is 26.0 Å². The molecule has 1 fully saturated rings. The number of ketones is 1. The second-order valence-electron chi connectivity index (χ2n) is 7.73. The molecule has 1 saturated carbocycles. The van der Waals surface area contributed by atoms with Gasteiger partial charge < -0.3 is 4.74 Å². The number of allylic oxidation sites excluding steroid dienone is 2. The van der Waals surface area contributed by atoms with Crippen molar-refractivity contribution in [3.05, 3.63) is 41.5 Å². The molecule has 0 aliphatic heterocycles. The third-order valence-electron chi connectivity index (χ3n) is 6.94. The molecule has 4 rings (SSSR count). The van der Waals surface area contributed by atoms with Crippen molar-refractivity contribution >= 4 is 5.78 Å². The first-order valence-corrected chi connectivity index (χ1v) is 9.00. The average Bonchev–Trinajstić information content (AvgIpc) is 2.91. The summed E-state index contributed by atoms with van der Waals surface area (Å²) >= 11 is 0. The summed E-state index contributed by atoms with van der Waals surface area (Å²) in [6.07, 6.45) is 8.40. The van der Waals surface area contributed by atoms with Gasteiger partial charge in [0.1, 0.15) is 5.75 Å². The van der Waals surface area contributed by atoms with E-state index in [1.165, 1.54) is 11.1 Å². The summed E-state index contributed by atoms with van der Waals surface area (Å²) < 4.78 is 5.41. The van der Waals surface area contributed by atoms with Gasteiger partial charge >= 0.3 is 0 Å². The minimum absolute atomic E-state index is 0.0978. The molecule has 0 amide bonds. The third kappa shape index (κ3) is 1.96. The fourth-order valence-electron chi connectivity index (χ4n) is 5.78. The lowest BCUT2D eigenvalue weighted by Crippen LogP contribution is -2.47. The van der Waals surface area contributed by atoms with Crippen LogP contribution in [0.5, 0.6) is 5.75 Å². The Morgan fingerprint density at radius 1 is 1.35 bits per heavy atom. The Labute approximate surface area is 138 Å². The van der Waals surface area contributed by atoms with E-state index >= 15 is 0 Å². The van der Waals surface area contributed by atoms with Crippen LogP contribution in [-0.2, 0) is 11.2 Å². The summed E-state index contributed by atoms with van der Waals surface area (Å²) in [6, 6.07) is 6.60. The van der Waals surface area contributed by atoms with Crippen molar-refractivity contribution in [2.45, 2.75) is 45.4 Å². The number of carbonyl (C=O) groups excluding carboxylic acids is 1. The second-order valence-corrected chi connectivity index (χ2v) is 7.73. The number of hydrogen-bond donors (Lipinski definition) is 0. The van der Waals surface area contributed by atoms with Crippen LogP contribution in [0, 0.1) is 23.2 Å². The molecular weight excluding hydrogens is 284 g/mol. The SMILES string of the molecule is CC[C@]12CC[C@@H]3c4ccc(OC)cc4C[C@@H](C)[C@H]3[C@@H]1C=CC2=O. The Kier molecular flexibility index (Phi) is 3.40. The highest BCUT2D eigenvalue weighted by Gasteiger charge is 2.55. The Hall–Kier alpha value is -1.57. The van der Waals surface area contributed by atoms with Crippen LogP contribution in [0.25, 0.3) is 0 Å². The van der Waals surface area contributed by atoms with Gasteiger partial charge in [0.15, 0.2) is 5.78 Å². The Bertz CT molecular complexity index is 674. The molecule has 2 heteroatoms. The van der Waals surface area contributed by atoms with Crippen LogP contribution < -0.4 is 4.74 Å². The van der Waals surface area contributed by atoms with Gasteiger partial charge in [-0.15, -0.1) is 0 Å². The molecule has 1 aromatic rings. The molecule has 0 radical (unpaired) electrons. The lowest BCUT2D eigenvalue weighted by molar-refractivity contribution is -0.129. The van der Waals surface area contributed by atoms with E-state index in [2.05, 4.69) is 38.1 Å². The van der Waals surface area contributed by atoms with Gasteiger partial charge in [0.05, 0.1) is 7.11 Å². The largest absolute Gasteiger partial charge is 0.497 e. The van der Waals surface area contributed by atoms with Gasteiger partial charge in [-0.25, -0.2) is 0 Å². The lowest BCUT2D eigenvalue weighted by Gasteiger charge is -2.51. The van der Waals surface area contributed by atoms with Crippen molar-refractivity contribution in [2.24, 2.45) is 23.2 Å². The quantitative estimate of drug-likeness (QED) is 0.802. The maximum Gasteiger partial charge on any atom is 0.162 e. The van der Waals surface area contributed by atoms with Gasteiger partial charge in [0, 0.05) is 5.41 Å². The van der Waals surface area contributed by atoms with Crippen LogP contribution in [0.1, 0.15) is 50.2 Å². The van der Waals surface area contributed by atoms with Crippen molar-refractivity contribution < 1.29 is 9.53 Å². The highest BCUT2D eigenvalue weighted by Crippen LogP contribution is 2.60. The van der Waals surface area contributed by atoms with Gasteiger partial charge in [-0.2, -0.15) is 0 Å². The van der Waals surface area contributed by atoms with Crippen molar-refractivity contribution in [2.75, 3.05) is 7.11 Å². The first-order valence-electron chi connectivity index (χ1n) is 9.00. The normalized spacial score (nSPS) is 38.0. The Morgan fingerprint density at radius 3 is 2.91 bits per heavy atom. The van der Waals surface area contributed by atoms with Crippen LogP contribution >= 0.6 is 0 Å². The van der Waals surface area contributed by atoms with Crippen molar-refractivity contribution in [1.82, 2.24) is 0 Å². The summed E-state index contributed by atoms with van der Waals surface area (Å²) in [5.41, 5.74) is 2.86. The zero-order valence-electron chi connectivity index (χ0n) is 14.3. The first-order chi connectivity index (χ1) is 11.1. The zero-order chi connectivity index (χ0) is 16.2. The molecule has 23 heavy (non-hydrogen) atoms. The van der Waals surface area contributed by atoms with E-state index in [0.29, 0.717) is 29.5 Å². The van der Waals surface area contributed by atoms with Crippen LogP contribution in [0.15, 0.2) is 30.4 Å². The lowest BCUT2D eigenvalue weighted by atomic mass is 9.52. The molecule has 122 valence electrons. The van der Waals surface area contributed by atoms with Gasteiger partial charge in [0.25, 0.3) is 0 Å².